The molecule has 0 aliphatic carbocycles. The Kier molecular flexibility index (Phi) is 6.98. The van der Waals surface area contributed by atoms with Gasteiger partial charge < -0.3 is 19.9 Å². The van der Waals surface area contributed by atoms with Crippen LogP contribution in [0.15, 0.2) is 0 Å². The summed E-state index contributed by atoms with van der Waals surface area (Å²) in [4.78, 5) is 39.7. The fourth-order valence-electron chi connectivity index (χ4n) is 3.37. The van der Waals surface area contributed by atoms with E-state index in [1.165, 1.54) is 0 Å². The average Bonchev–Trinajstić information content (AvgIpc) is 2.96. The van der Waals surface area contributed by atoms with Crippen LogP contribution in [0.3, 0.4) is 0 Å². The van der Waals surface area contributed by atoms with Crippen LogP contribution in [0, 0.1) is 5.92 Å². The van der Waals surface area contributed by atoms with Gasteiger partial charge in [0.2, 0.25) is 5.91 Å². The molecule has 0 aromatic carbocycles. The molecule has 2 aliphatic rings. The molecular formula is C17H29N3O4S. The lowest BCUT2D eigenvalue weighted by Crippen LogP contribution is -2.55. The zero-order valence-corrected chi connectivity index (χ0v) is 16.2. The number of nitrogens with one attached hydrogen (secondary N) is 1. The molecule has 1 spiro atoms. The van der Waals surface area contributed by atoms with E-state index in [4.69, 9.17) is 4.74 Å². The van der Waals surface area contributed by atoms with Gasteiger partial charge in [0.1, 0.15) is 6.54 Å². The van der Waals surface area contributed by atoms with Crippen LogP contribution in [-0.4, -0.2) is 71.1 Å². The Morgan fingerprint density at radius 1 is 1.20 bits per heavy atom. The van der Waals surface area contributed by atoms with E-state index in [1.807, 2.05) is 16.7 Å². The summed E-state index contributed by atoms with van der Waals surface area (Å²) in [7, 11) is 0. The van der Waals surface area contributed by atoms with Crippen molar-refractivity contribution in [1.29, 1.82) is 0 Å². The number of ether oxygens (including phenoxy) is 1. The maximum absolute atomic E-state index is 12.6. The molecule has 3 amide bonds. The topological polar surface area (TPSA) is 79.0 Å². The van der Waals surface area contributed by atoms with Gasteiger partial charge in [-0.05, 0) is 25.7 Å². The molecule has 2 aliphatic heterocycles. The Bertz CT molecular complexity index is 504. The molecule has 7 nitrogen and oxygen atoms in total. The van der Waals surface area contributed by atoms with Crippen molar-refractivity contribution in [2.45, 2.75) is 44.9 Å². The number of hydrogen-bond acceptors (Lipinski definition) is 5. The first kappa shape index (κ1) is 19.9. The maximum atomic E-state index is 12.6. The van der Waals surface area contributed by atoms with Gasteiger partial charge in [-0.15, -0.1) is 11.8 Å². The van der Waals surface area contributed by atoms with Gasteiger partial charge in [0.25, 0.3) is 0 Å². The number of piperidine rings is 1. The minimum atomic E-state index is -0.430. The molecule has 142 valence electrons. The summed E-state index contributed by atoms with van der Waals surface area (Å²) in [6.45, 7) is 8.02. The summed E-state index contributed by atoms with van der Waals surface area (Å²) in [6, 6.07) is -0.244. The third-order valence-electron chi connectivity index (χ3n) is 4.58. The van der Waals surface area contributed by atoms with Gasteiger partial charge in [0.15, 0.2) is 0 Å². The van der Waals surface area contributed by atoms with E-state index < -0.39 is 5.97 Å². The highest BCUT2D eigenvalue weighted by atomic mass is 32.2. The molecule has 0 bridgehead atoms. The van der Waals surface area contributed by atoms with Gasteiger partial charge in [0.05, 0.1) is 11.5 Å². The second-order valence-electron chi connectivity index (χ2n) is 6.89. The molecule has 2 saturated heterocycles. The molecule has 0 aromatic heterocycles. The van der Waals surface area contributed by atoms with E-state index in [0.29, 0.717) is 32.0 Å². The van der Waals surface area contributed by atoms with Crippen molar-refractivity contribution in [3.8, 4) is 0 Å². The fraction of sp³-hybridized carbons (Fsp3) is 0.824. The number of carbonyl (C=O) groups excluding carboxylic acids is 3. The molecule has 2 rings (SSSR count). The van der Waals surface area contributed by atoms with Crippen molar-refractivity contribution in [2.75, 3.05) is 38.5 Å². The number of carbonyl (C=O) groups is 3. The molecule has 0 saturated carbocycles. The standard InChI is InChI=1S/C17H29N3O4S/c1-4-24-15(22)12-18-16(23)19-7-5-17(6-8-19)20(9-10-25-17)14(21)11-13(2)3/h13H,4-12H2,1-3H3,(H,18,23). The van der Waals surface area contributed by atoms with Crippen molar-refractivity contribution < 1.29 is 19.1 Å². The van der Waals surface area contributed by atoms with E-state index >= 15 is 0 Å². The lowest BCUT2D eigenvalue weighted by molar-refractivity contribution is -0.142. The first-order chi connectivity index (χ1) is 11.9. The van der Waals surface area contributed by atoms with Gasteiger partial charge in [-0.3, -0.25) is 9.59 Å². The van der Waals surface area contributed by atoms with Gasteiger partial charge in [-0.2, -0.15) is 0 Å². The predicted molar refractivity (Wildman–Crippen MR) is 97.2 cm³/mol. The molecule has 0 unspecified atom stereocenters. The molecular weight excluding hydrogens is 342 g/mol. The summed E-state index contributed by atoms with van der Waals surface area (Å²) >= 11 is 1.84. The largest absolute Gasteiger partial charge is 0.465 e. The third-order valence-corrected chi connectivity index (χ3v) is 6.14. The van der Waals surface area contributed by atoms with Crippen molar-refractivity contribution >= 4 is 29.7 Å². The van der Waals surface area contributed by atoms with Crippen LogP contribution in [0.5, 0.6) is 0 Å². The summed E-state index contributed by atoms with van der Waals surface area (Å²) in [6.07, 6.45) is 2.12. The van der Waals surface area contributed by atoms with Crippen molar-refractivity contribution in [3.05, 3.63) is 0 Å². The van der Waals surface area contributed by atoms with Crippen LogP contribution < -0.4 is 5.32 Å². The zero-order chi connectivity index (χ0) is 18.4. The van der Waals surface area contributed by atoms with E-state index in [0.717, 1.165) is 25.1 Å². The van der Waals surface area contributed by atoms with E-state index in [-0.39, 0.29) is 23.4 Å². The number of likely N-dealkylation sites (tertiary alicyclic amines) is 1. The van der Waals surface area contributed by atoms with Crippen LogP contribution >= 0.6 is 11.8 Å². The summed E-state index contributed by atoms with van der Waals surface area (Å²) in [5.41, 5.74) is 0. The Labute approximate surface area is 153 Å². The fourth-order valence-corrected chi connectivity index (χ4v) is 4.84. The molecule has 8 heteroatoms. The summed E-state index contributed by atoms with van der Waals surface area (Å²) in [5, 5.41) is 2.60. The normalized spacial score (nSPS) is 19.4. The first-order valence-electron chi connectivity index (χ1n) is 9.01. The minimum absolute atomic E-state index is 0.109. The lowest BCUT2D eigenvalue weighted by atomic mass is 10.0. The van der Waals surface area contributed by atoms with Crippen LogP contribution in [0.4, 0.5) is 4.79 Å². The quantitative estimate of drug-likeness (QED) is 0.744. The Hall–Kier alpha value is -1.44. The average molecular weight is 372 g/mol. The molecule has 0 aromatic rings. The smallest absolute Gasteiger partial charge is 0.325 e. The maximum Gasteiger partial charge on any atom is 0.325 e. The Morgan fingerprint density at radius 3 is 2.48 bits per heavy atom. The van der Waals surface area contributed by atoms with E-state index in [9.17, 15) is 14.4 Å². The van der Waals surface area contributed by atoms with Gasteiger partial charge in [-0.25, -0.2) is 4.79 Å². The minimum Gasteiger partial charge on any atom is -0.465 e. The Balaban J connectivity index is 1.86. The van der Waals surface area contributed by atoms with Gasteiger partial charge in [0, 0.05) is 31.8 Å². The molecule has 1 N–H and O–H groups in total. The highest BCUT2D eigenvalue weighted by Crippen LogP contribution is 2.44. The number of hydrogen-bond donors (Lipinski definition) is 1. The SMILES string of the molecule is CCOC(=O)CNC(=O)N1CCC2(CC1)SCCN2C(=O)CC(C)C. The molecule has 0 radical (unpaired) electrons. The number of esters is 1. The molecule has 25 heavy (non-hydrogen) atoms. The second kappa shape index (κ2) is 8.78. The number of rotatable bonds is 5. The van der Waals surface area contributed by atoms with Crippen LogP contribution in [0.25, 0.3) is 0 Å². The monoisotopic (exact) mass is 371 g/mol. The van der Waals surface area contributed by atoms with Crippen LogP contribution in [0.2, 0.25) is 0 Å². The first-order valence-corrected chi connectivity index (χ1v) is 9.99. The van der Waals surface area contributed by atoms with Crippen molar-refractivity contribution in [3.63, 3.8) is 0 Å². The summed E-state index contributed by atoms with van der Waals surface area (Å²) < 4.78 is 4.81. The highest BCUT2D eigenvalue weighted by molar-refractivity contribution is 8.00. The highest BCUT2D eigenvalue weighted by Gasteiger charge is 2.46. The van der Waals surface area contributed by atoms with Gasteiger partial charge in [-0.1, -0.05) is 13.8 Å². The van der Waals surface area contributed by atoms with Crippen LogP contribution in [0.1, 0.15) is 40.0 Å². The predicted octanol–water partition coefficient (Wildman–Crippen LogP) is 1.67. The molecule has 2 fully saturated rings. The third kappa shape index (κ3) is 5.03. The molecule has 2 heterocycles. The van der Waals surface area contributed by atoms with Gasteiger partial charge >= 0.3 is 12.0 Å². The lowest BCUT2D eigenvalue weighted by Gasteiger charge is -2.44. The summed E-state index contributed by atoms with van der Waals surface area (Å²) in [5.74, 6) is 1.10. The second-order valence-corrected chi connectivity index (χ2v) is 8.35. The number of nitrogens with zero attached hydrogens (tertiary/aromatic N) is 2. The van der Waals surface area contributed by atoms with Crippen molar-refractivity contribution in [2.24, 2.45) is 5.92 Å². The molecule has 0 atom stereocenters. The van der Waals surface area contributed by atoms with Crippen molar-refractivity contribution in [1.82, 2.24) is 15.1 Å². The zero-order valence-electron chi connectivity index (χ0n) is 15.4. The van der Waals surface area contributed by atoms with E-state index in [2.05, 4.69) is 19.2 Å². The number of thioether (sulfide) groups is 1. The number of urea groups is 1. The Morgan fingerprint density at radius 2 is 1.88 bits per heavy atom. The van der Waals surface area contributed by atoms with E-state index in [1.54, 1.807) is 11.8 Å². The number of amides is 3. The van der Waals surface area contributed by atoms with Crippen LogP contribution in [-0.2, 0) is 14.3 Å².